The van der Waals surface area contributed by atoms with Gasteiger partial charge in [0, 0.05) is 25.1 Å². The Morgan fingerprint density at radius 2 is 1.79 bits per heavy atom. The van der Waals surface area contributed by atoms with Gasteiger partial charge in [0.05, 0.1) is 0 Å². The lowest BCUT2D eigenvalue weighted by molar-refractivity contribution is 0.0930. The number of nitrogens with zero attached hydrogens (tertiary/aromatic N) is 3. The Hall–Kier alpha value is -3.22. The molecule has 3 aromatic rings. The zero-order valence-corrected chi connectivity index (χ0v) is 15.3. The number of hydrogen-bond donors (Lipinski definition) is 1. The summed E-state index contributed by atoms with van der Waals surface area (Å²) in [6.07, 6.45) is 2.72. The van der Waals surface area contributed by atoms with Crippen LogP contribution in [0.5, 0.6) is 0 Å². The molecule has 0 radical (unpaired) electrons. The quantitative estimate of drug-likeness (QED) is 0.708. The first-order valence-electron chi connectivity index (χ1n) is 9.38. The average molecular weight is 380 g/mol. The fourth-order valence-electron chi connectivity index (χ4n) is 3.30. The van der Waals surface area contributed by atoms with Gasteiger partial charge in [-0.25, -0.2) is 4.39 Å². The molecule has 1 amide bonds. The number of anilines is 1. The van der Waals surface area contributed by atoms with E-state index in [-0.39, 0.29) is 11.7 Å². The largest absolute Gasteiger partial charge is 0.406 e. The van der Waals surface area contributed by atoms with Crippen molar-refractivity contribution < 1.29 is 13.6 Å². The van der Waals surface area contributed by atoms with Crippen LogP contribution in [0.15, 0.2) is 59.0 Å². The zero-order chi connectivity index (χ0) is 19.3. The zero-order valence-electron chi connectivity index (χ0n) is 15.3. The number of aromatic nitrogens is 2. The summed E-state index contributed by atoms with van der Waals surface area (Å²) in [6.45, 7) is 1.79. The first-order chi connectivity index (χ1) is 13.7. The van der Waals surface area contributed by atoms with Crippen LogP contribution < -0.4 is 10.2 Å². The van der Waals surface area contributed by atoms with Gasteiger partial charge in [-0.1, -0.05) is 35.4 Å². The van der Waals surface area contributed by atoms with Crippen LogP contribution in [-0.2, 0) is 6.42 Å². The van der Waals surface area contributed by atoms with Crippen molar-refractivity contribution in [1.29, 1.82) is 0 Å². The molecule has 1 saturated heterocycles. The number of amides is 1. The Morgan fingerprint density at radius 1 is 1.07 bits per heavy atom. The lowest BCUT2D eigenvalue weighted by Gasteiger charge is -2.16. The third-order valence-corrected chi connectivity index (χ3v) is 4.80. The van der Waals surface area contributed by atoms with Crippen molar-refractivity contribution in [2.45, 2.75) is 25.3 Å². The minimum absolute atomic E-state index is 0.318. The summed E-state index contributed by atoms with van der Waals surface area (Å²) in [4.78, 5) is 14.7. The second-order valence-electron chi connectivity index (χ2n) is 6.84. The molecule has 0 spiro atoms. The molecule has 1 aliphatic heterocycles. The van der Waals surface area contributed by atoms with E-state index in [9.17, 15) is 9.18 Å². The number of nitrogens with one attached hydrogen (secondary N) is 1. The summed E-state index contributed by atoms with van der Waals surface area (Å²) < 4.78 is 19.0. The number of halogens is 1. The highest BCUT2D eigenvalue weighted by atomic mass is 19.1. The topological polar surface area (TPSA) is 71.3 Å². The van der Waals surface area contributed by atoms with E-state index in [0.29, 0.717) is 23.9 Å². The van der Waals surface area contributed by atoms with E-state index < -0.39 is 6.04 Å². The van der Waals surface area contributed by atoms with E-state index in [1.54, 1.807) is 0 Å². The highest BCUT2D eigenvalue weighted by molar-refractivity contribution is 5.94. The second-order valence-corrected chi connectivity index (χ2v) is 6.84. The number of hydrogen-bond acceptors (Lipinski definition) is 5. The molecule has 1 aromatic heterocycles. The van der Waals surface area contributed by atoms with Crippen LogP contribution >= 0.6 is 0 Å². The first kappa shape index (κ1) is 18.2. The maximum atomic E-state index is 13.1. The van der Waals surface area contributed by atoms with Crippen LogP contribution in [0.1, 0.15) is 40.7 Å². The lowest BCUT2D eigenvalue weighted by Crippen LogP contribution is -2.30. The van der Waals surface area contributed by atoms with Crippen LogP contribution in [0.25, 0.3) is 0 Å². The van der Waals surface area contributed by atoms with Crippen molar-refractivity contribution in [2.75, 3.05) is 18.0 Å². The van der Waals surface area contributed by atoms with Crippen molar-refractivity contribution >= 4 is 11.9 Å². The van der Waals surface area contributed by atoms with E-state index in [1.807, 2.05) is 30.3 Å². The fraction of sp³-hybridized carbons (Fsp3) is 0.286. The minimum atomic E-state index is -0.483. The number of carbonyl (C=O) groups excluding carboxylic acids is 1. The average Bonchev–Trinajstić information content (AvgIpc) is 3.40. The van der Waals surface area contributed by atoms with Gasteiger partial charge in [-0.2, -0.15) is 0 Å². The molecule has 0 bridgehead atoms. The summed E-state index contributed by atoms with van der Waals surface area (Å²) >= 11 is 0. The van der Waals surface area contributed by atoms with Crippen LogP contribution in [0.4, 0.5) is 10.4 Å². The molecule has 7 heteroatoms. The van der Waals surface area contributed by atoms with Gasteiger partial charge in [0.25, 0.3) is 5.91 Å². The second kappa shape index (κ2) is 8.21. The van der Waals surface area contributed by atoms with Crippen molar-refractivity contribution in [3.8, 4) is 0 Å². The standard InChI is InChI=1S/C21H21FN4O2/c22-17-10-8-16(9-11-17)19(27)23-18(14-15-6-2-1-3-7-15)20-24-25-21(28-20)26-12-4-5-13-26/h1-3,6-11,18H,4-5,12-14H2,(H,23,27). The highest BCUT2D eigenvalue weighted by Gasteiger charge is 2.25. The Kier molecular flexibility index (Phi) is 5.32. The Labute approximate surface area is 162 Å². The van der Waals surface area contributed by atoms with E-state index in [4.69, 9.17) is 4.42 Å². The number of benzene rings is 2. The smallest absolute Gasteiger partial charge is 0.318 e. The summed E-state index contributed by atoms with van der Waals surface area (Å²) in [6, 6.07) is 15.2. The normalized spacial score (nSPS) is 14.8. The Morgan fingerprint density at radius 3 is 2.50 bits per heavy atom. The van der Waals surface area contributed by atoms with Gasteiger partial charge in [0.1, 0.15) is 11.9 Å². The molecular weight excluding hydrogens is 359 g/mol. The molecule has 4 rings (SSSR count). The van der Waals surface area contributed by atoms with E-state index in [1.165, 1.54) is 24.3 Å². The molecule has 1 fully saturated rings. The monoisotopic (exact) mass is 380 g/mol. The molecule has 1 atom stereocenters. The van der Waals surface area contributed by atoms with E-state index in [0.717, 1.165) is 31.5 Å². The number of carbonyl (C=O) groups is 1. The van der Waals surface area contributed by atoms with Crippen molar-refractivity contribution in [2.24, 2.45) is 0 Å². The molecule has 1 N–H and O–H groups in total. The van der Waals surface area contributed by atoms with Crippen LogP contribution in [-0.4, -0.2) is 29.2 Å². The van der Waals surface area contributed by atoms with Gasteiger partial charge in [0.2, 0.25) is 5.89 Å². The number of rotatable bonds is 6. The maximum absolute atomic E-state index is 13.1. The van der Waals surface area contributed by atoms with Crippen LogP contribution in [0.2, 0.25) is 0 Å². The van der Waals surface area contributed by atoms with Crippen molar-refractivity contribution in [1.82, 2.24) is 15.5 Å². The summed E-state index contributed by atoms with van der Waals surface area (Å²) in [5.74, 6) is -0.340. The molecular formula is C21H21FN4O2. The molecule has 6 nitrogen and oxygen atoms in total. The predicted octanol–water partition coefficient (Wildman–Crippen LogP) is 3.52. The van der Waals surface area contributed by atoms with Gasteiger partial charge >= 0.3 is 6.01 Å². The van der Waals surface area contributed by atoms with Crippen LogP contribution in [0, 0.1) is 5.82 Å². The molecule has 0 aliphatic carbocycles. The van der Waals surface area contributed by atoms with Gasteiger partial charge in [-0.15, -0.1) is 5.10 Å². The molecule has 1 unspecified atom stereocenters. The van der Waals surface area contributed by atoms with E-state index in [2.05, 4.69) is 20.4 Å². The Bertz CT molecular complexity index is 921. The molecule has 2 aromatic carbocycles. The molecule has 1 aliphatic rings. The van der Waals surface area contributed by atoms with Gasteiger partial charge in [-0.05, 0) is 42.7 Å². The molecule has 0 saturated carbocycles. The van der Waals surface area contributed by atoms with Crippen molar-refractivity contribution in [3.05, 3.63) is 77.4 Å². The summed E-state index contributed by atoms with van der Waals surface area (Å²) in [5.41, 5.74) is 1.41. The van der Waals surface area contributed by atoms with Crippen LogP contribution in [0.3, 0.4) is 0 Å². The van der Waals surface area contributed by atoms with E-state index >= 15 is 0 Å². The molecule has 144 valence electrons. The third-order valence-electron chi connectivity index (χ3n) is 4.80. The third kappa shape index (κ3) is 4.19. The van der Waals surface area contributed by atoms with Gasteiger partial charge in [-0.3, -0.25) is 4.79 Å². The highest BCUT2D eigenvalue weighted by Crippen LogP contribution is 2.24. The lowest BCUT2D eigenvalue weighted by atomic mass is 10.1. The maximum Gasteiger partial charge on any atom is 0.318 e. The SMILES string of the molecule is O=C(NC(Cc1ccccc1)c1nnc(N2CCCC2)o1)c1ccc(F)cc1. The van der Waals surface area contributed by atoms with Crippen molar-refractivity contribution in [3.63, 3.8) is 0 Å². The molecule has 2 heterocycles. The minimum Gasteiger partial charge on any atom is -0.406 e. The fourth-order valence-corrected chi connectivity index (χ4v) is 3.30. The predicted molar refractivity (Wildman–Crippen MR) is 102 cm³/mol. The Balaban J connectivity index is 1.56. The van der Waals surface area contributed by atoms with Gasteiger partial charge in [0.15, 0.2) is 0 Å². The first-order valence-corrected chi connectivity index (χ1v) is 9.38. The summed E-state index contributed by atoms with van der Waals surface area (Å²) in [5, 5.41) is 11.3. The summed E-state index contributed by atoms with van der Waals surface area (Å²) in [7, 11) is 0. The molecule has 28 heavy (non-hydrogen) atoms. The van der Waals surface area contributed by atoms with Gasteiger partial charge < -0.3 is 14.6 Å².